The molecule has 5 nitrogen and oxygen atoms in total. The Morgan fingerprint density at radius 2 is 1.91 bits per heavy atom. The van der Waals surface area contributed by atoms with Crippen LogP contribution in [0.3, 0.4) is 0 Å². The Kier molecular flexibility index (Phi) is 4.24. The molecule has 2 N–H and O–H groups in total. The van der Waals surface area contributed by atoms with Crippen LogP contribution in [0.15, 0.2) is 30.3 Å². The Labute approximate surface area is 130 Å². The lowest BCUT2D eigenvalue weighted by Crippen LogP contribution is -2.43. The number of nitrogens with one attached hydrogen (secondary N) is 2. The molecule has 1 amide bonds. The lowest BCUT2D eigenvalue weighted by molar-refractivity contribution is 0.0928. The van der Waals surface area contributed by atoms with E-state index in [0.29, 0.717) is 5.56 Å². The number of carbonyl (C=O) groups excluding carboxylic acids is 1. The van der Waals surface area contributed by atoms with Gasteiger partial charge in [0.15, 0.2) is 0 Å². The van der Waals surface area contributed by atoms with Crippen molar-refractivity contribution in [1.82, 2.24) is 20.4 Å². The Bertz CT molecular complexity index is 657. The second-order valence-corrected chi connectivity index (χ2v) is 5.79. The summed E-state index contributed by atoms with van der Waals surface area (Å²) in [5.41, 5.74) is 3.33. The molecule has 116 valence electrons. The molecule has 0 aliphatic carbocycles. The van der Waals surface area contributed by atoms with Gasteiger partial charge in [-0.3, -0.25) is 4.79 Å². The van der Waals surface area contributed by atoms with Crippen LogP contribution in [-0.4, -0.2) is 34.8 Å². The summed E-state index contributed by atoms with van der Waals surface area (Å²) in [4.78, 5) is 12.6. The average Bonchev–Trinajstić information content (AvgIpc) is 2.84. The van der Waals surface area contributed by atoms with Gasteiger partial charge in [-0.25, -0.2) is 4.68 Å². The summed E-state index contributed by atoms with van der Waals surface area (Å²) >= 11 is 0. The fraction of sp³-hybridized carbons (Fsp3) is 0.412. The maximum Gasteiger partial charge on any atom is 0.255 e. The van der Waals surface area contributed by atoms with Crippen LogP contribution in [0.2, 0.25) is 0 Å². The molecular weight excluding hydrogens is 276 g/mol. The van der Waals surface area contributed by atoms with E-state index >= 15 is 0 Å². The molecule has 1 aliphatic heterocycles. The Hall–Kier alpha value is -2.14. The van der Waals surface area contributed by atoms with Gasteiger partial charge in [0, 0.05) is 6.04 Å². The molecule has 1 aromatic carbocycles. The van der Waals surface area contributed by atoms with E-state index in [2.05, 4.69) is 15.7 Å². The fourth-order valence-electron chi connectivity index (χ4n) is 3.02. The lowest BCUT2D eigenvalue weighted by Gasteiger charge is -2.23. The van der Waals surface area contributed by atoms with Crippen molar-refractivity contribution in [1.29, 1.82) is 0 Å². The van der Waals surface area contributed by atoms with Crippen LogP contribution >= 0.6 is 0 Å². The summed E-state index contributed by atoms with van der Waals surface area (Å²) in [5, 5.41) is 11.0. The summed E-state index contributed by atoms with van der Waals surface area (Å²) in [7, 11) is 0. The molecule has 1 fully saturated rings. The summed E-state index contributed by atoms with van der Waals surface area (Å²) in [5.74, 6) is -0.0101. The van der Waals surface area contributed by atoms with Crippen LogP contribution in [-0.2, 0) is 0 Å². The van der Waals surface area contributed by atoms with Crippen LogP contribution in [0, 0.1) is 13.8 Å². The topological polar surface area (TPSA) is 59.0 Å². The first kappa shape index (κ1) is 14.8. The molecule has 0 atom stereocenters. The van der Waals surface area contributed by atoms with Gasteiger partial charge in [-0.05, 0) is 51.9 Å². The number of benzene rings is 1. The van der Waals surface area contributed by atoms with Gasteiger partial charge in [-0.2, -0.15) is 5.10 Å². The van der Waals surface area contributed by atoms with E-state index in [1.807, 2.05) is 48.9 Å². The molecular formula is C17H22N4O. The number of aryl methyl sites for hydroxylation is 1. The summed E-state index contributed by atoms with van der Waals surface area (Å²) in [6.45, 7) is 5.77. The Morgan fingerprint density at radius 3 is 2.59 bits per heavy atom. The van der Waals surface area contributed by atoms with Crippen molar-refractivity contribution >= 4 is 5.91 Å². The molecule has 2 aromatic rings. The molecule has 2 heterocycles. The second-order valence-electron chi connectivity index (χ2n) is 5.79. The summed E-state index contributed by atoms with van der Waals surface area (Å²) < 4.78 is 1.84. The quantitative estimate of drug-likeness (QED) is 0.911. The molecule has 22 heavy (non-hydrogen) atoms. The highest BCUT2D eigenvalue weighted by molar-refractivity contribution is 5.96. The van der Waals surface area contributed by atoms with Crippen LogP contribution < -0.4 is 10.6 Å². The SMILES string of the molecule is Cc1nn(-c2ccccc2)c(C)c1C(=O)NC1CCNCC1. The fourth-order valence-corrected chi connectivity index (χ4v) is 3.02. The van der Waals surface area contributed by atoms with Gasteiger partial charge < -0.3 is 10.6 Å². The number of hydrogen-bond donors (Lipinski definition) is 2. The third-order valence-corrected chi connectivity index (χ3v) is 4.19. The normalized spacial score (nSPS) is 15.7. The molecule has 1 aromatic heterocycles. The molecule has 0 unspecified atom stereocenters. The smallest absolute Gasteiger partial charge is 0.255 e. The van der Waals surface area contributed by atoms with Crippen molar-refractivity contribution in [2.75, 3.05) is 13.1 Å². The van der Waals surface area contributed by atoms with E-state index in [1.54, 1.807) is 0 Å². The van der Waals surface area contributed by atoms with E-state index in [-0.39, 0.29) is 11.9 Å². The van der Waals surface area contributed by atoms with Crippen LogP contribution in [0.5, 0.6) is 0 Å². The van der Waals surface area contributed by atoms with Crippen LogP contribution in [0.1, 0.15) is 34.6 Å². The molecule has 3 rings (SSSR count). The predicted octanol–water partition coefficient (Wildman–Crippen LogP) is 1.97. The first-order chi connectivity index (χ1) is 10.7. The van der Waals surface area contributed by atoms with Crippen molar-refractivity contribution in [3.8, 4) is 5.69 Å². The minimum absolute atomic E-state index is 0.0101. The Morgan fingerprint density at radius 1 is 1.23 bits per heavy atom. The molecule has 5 heteroatoms. The van der Waals surface area contributed by atoms with E-state index in [4.69, 9.17) is 0 Å². The molecule has 0 saturated carbocycles. The minimum atomic E-state index is -0.0101. The zero-order valence-electron chi connectivity index (χ0n) is 13.1. The first-order valence-electron chi connectivity index (χ1n) is 7.80. The zero-order chi connectivity index (χ0) is 15.5. The van der Waals surface area contributed by atoms with Gasteiger partial charge >= 0.3 is 0 Å². The van der Waals surface area contributed by atoms with E-state index in [1.165, 1.54) is 0 Å². The number of amides is 1. The van der Waals surface area contributed by atoms with Gasteiger partial charge in [-0.15, -0.1) is 0 Å². The maximum absolute atomic E-state index is 12.6. The number of carbonyl (C=O) groups is 1. The van der Waals surface area contributed by atoms with Crippen molar-refractivity contribution < 1.29 is 4.79 Å². The number of nitrogens with zero attached hydrogens (tertiary/aromatic N) is 2. The molecule has 0 bridgehead atoms. The van der Waals surface area contributed by atoms with Gasteiger partial charge in [0.1, 0.15) is 0 Å². The molecule has 1 saturated heterocycles. The van der Waals surface area contributed by atoms with E-state index in [0.717, 1.165) is 43.0 Å². The van der Waals surface area contributed by atoms with E-state index < -0.39 is 0 Å². The van der Waals surface area contributed by atoms with Gasteiger partial charge in [-0.1, -0.05) is 18.2 Å². The van der Waals surface area contributed by atoms with Gasteiger partial charge in [0.05, 0.1) is 22.6 Å². The Balaban J connectivity index is 1.84. The zero-order valence-corrected chi connectivity index (χ0v) is 13.1. The van der Waals surface area contributed by atoms with Crippen molar-refractivity contribution in [3.05, 3.63) is 47.3 Å². The number of aromatic nitrogens is 2. The highest BCUT2D eigenvalue weighted by Gasteiger charge is 2.22. The highest BCUT2D eigenvalue weighted by atomic mass is 16.1. The maximum atomic E-state index is 12.6. The lowest BCUT2D eigenvalue weighted by atomic mass is 10.1. The van der Waals surface area contributed by atoms with E-state index in [9.17, 15) is 4.79 Å². The standard InChI is InChI=1S/C17H22N4O/c1-12-16(17(22)19-14-8-10-18-11-9-14)13(2)21(20-12)15-6-4-3-5-7-15/h3-7,14,18H,8-11H2,1-2H3,(H,19,22). The van der Waals surface area contributed by atoms with Crippen molar-refractivity contribution in [3.63, 3.8) is 0 Å². The number of hydrogen-bond acceptors (Lipinski definition) is 3. The van der Waals surface area contributed by atoms with Gasteiger partial charge in [0.2, 0.25) is 0 Å². The third-order valence-electron chi connectivity index (χ3n) is 4.19. The highest BCUT2D eigenvalue weighted by Crippen LogP contribution is 2.18. The average molecular weight is 298 g/mol. The van der Waals surface area contributed by atoms with Crippen LogP contribution in [0.4, 0.5) is 0 Å². The van der Waals surface area contributed by atoms with Crippen molar-refractivity contribution in [2.45, 2.75) is 32.7 Å². The molecule has 0 spiro atoms. The number of para-hydroxylation sites is 1. The summed E-state index contributed by atoms with van der Waals surface area (Å²) in [6.07, 6.45) is 1.97. The monoisotopic (exact) mass is 298 g/mol. The largest absolute Gasteiger partial charge is 0.349 e. The second kappa shape index (κ2) is 6.32. The first-order valence-corrected chi connectivity index (χ1v) is 7.80. The number of piperidine rings is 1. The minimum Gasteiger partial charge on any atom is -0.349 e. The van der Waals surface area contributed by atoms with Gasteiger partial charge in [0.25, 0.3) is 5.91 Å². The number of rotatable bonds is 3. The van der Waals surface area contributed by atoms with Crippen LogP contribution in [0.25, 0.3) is 5.69 Å². The van der Waals surface area contributed by atoms with Crippen molar-refractivity contribution in [2.24, 2.45) is 0 Å². The summed E-state index contributed by atoms with van der Waals surface area (Å²) in [6, 6.07) is 10.2. The molecule has 0 radical (unpaired) electrons. The molecule has 1 aliphatic rings. The predicted molar refractivity (Wildman–Crippen MR) is 86.4 cm³/mol. The third kappa shape index (κ3) is 2.90.